The molecule has 0 bridgehead atoms. The molecule has 2 unspecified atom stereocenters. The van der Waals surface area contributed by atoms with E-state index in [1.165, 1.54) is 29.2 Å². The summed E-state index contributed by atoms with van der Waals surface area (Å²) in [5.74, 6) is -0.167. The lowest BCUT2D eigenvalue weighted by atomic mass is 10.2. The van der Waals surface area contributed by atoms with Crippen molar-refractivity contribution < 1.29 is 19.2 Å². The summed E-state index contributed by atoms with van der Waals surface area (Å²) in [5.41, 5.74) is 1.47. The molecule has 2 atom stereocenters. The van der Waals surface area contributed by atoms with E-state index >= 15 is 0 Å². The van der Waals surface area contributed by atoms with Crippen LogP contribution in [0.2, 0.25) is 0 Å². The summed E-state index contributed by atoms with van der Waals surface area (Å²) in [6.45, 7) is 0.753. The van der Waals surface area contributed by atoms with Gasteiger partial charge in [-0.1, -0.05) is 6.07 Å². The number of rotatable bonds is 7. The molecule has 0 aliphatic carbocycles. The summed E-state index contributed by atoms with van der Waals surface area (Å²) in [6.07, 6.45) is 2.17. The Hall–Kier alpha value is -3.14. The highest BCUT2D eigenvalue weighted by molar-refractivity contribution is 7.81. The van der Waals surface area contributed by atoms with Gasteiger partial charge in [0.25, 0.3) is 5.69 Å². The van der Waals surface area contributed by atoms with Crippen LogP contribution in [0.5, 0.6) is 0 Å². The van der Waals surface area contributed by atoms with E-state index in [0.717, 1.165) is 5.69 Å². The van der Waals surface area contributed by atoms with Gasteiger partial charge < -0.3 is 9.64 Å². The van der Waals surface area contributed by atoms with Crippen molar-refractivity contribution in [2.45, 2.75) is 30.7 Å². The standard InChI is InChI=1S/C21H24N4O5S/c1-23(11-9-16-4-2-3-10-22-16)20(26)19-12-18(31)13-24(19)21(27)30-14-15-5-7-17(8-6-15)25(28)29/h2-8,10,18-19,31H,9,11-14H2,1H3. The minimum atomic E-state index is -0.638. The van der Waals surface area contributed by atoms with Gasteiger partial charge in [0, 0.05) is 55.8 Å². The Balaban J connectivity index is 1.56. The lowest BCUT2D eigenvalue weighted by molar-refractivity contribution is -0.384. The first-order valence-corrected chi connectivity index (χ1v) is 10.4. The lowest BCUT2D eigenvalue weighted by Gasteiger charge is -2.27. The third kappa shape index (κ3) is 5.94. The predicted molar refractivity (Wildman–Crippen MR) is 117 cm³/mol. The first-order chi connectivity index (χ1) is 14.8. The zero-order valence-electron chi connectivity index (χ0n) is 17.1. The zero-order chi connectivity index (χ0) is 22.4. The van der Waals surface area contributed by atoms with Gasteiger partial charge in [-0.25, -0.2) is 4.79 Å². The topological polar surface area (TPSA) is 106 Å². The second-order valence-corrected chi connectivity index (χ2v) is 8.10. The molecule has 1 saturated heterocycles. The molecule has 1 aliphatic heterocycles. The van der Waals surface area contributed by atoms with Crippen molar-refractivity contribution in [1.29, 1.82) is 0 Å². The quantitative estimate of drug-likeness (QED) is 0.400. The van der Waals surface area contributed by atoms with Crippen molar-refractivity contribution in [1.82, 2.24) is 14.8 Å². The molecular weight excluding hydrogens is 420 g/mol. The third-order valence-corrected chi connectivity index (χ3v) is 5.49. The summed E-state index contributed by atoms with van der Waals surface area (Å²) < 4.78 is 5.35. The summed E-state index contributed by atoms with van der Waals surface area (Å²) in [5, 5.41) is 10.6. The van der Waals surface area contributed by atoms with E-state index in [2.05, 4.69) is 17.6 Å². The van der Waals surface area contributed by atoms with Gasteiger partial charge >= 0.3 is 6.09 Å². The van der Waals surface area contributed by atoms with Gasteiger partial charge in [0.1, 0.15) is 12.6 Å². The number of hydrogen-bond donors (Lipinski definition) is 1. The van der Waals surface area contributed by atoms with Gasteiger partial charge in [0.15, 0.2) is 0 Å². The number of non-ortho nitro benzene ring substituents is 1. The van der Waals surface area contributed by atoms with Crippen molar-refractivity contribution >= 4 is 30.3 Å². The summed E-state index contributed by atoms with van der Waals surface area (Å²) in [4.78, 5) is 43.1. The van der Waals surface area contributed by atoms with Crippen LogP contribution in [0.15, 0.2) is 48.7 Å². The highest BCUT2D eigenvalue weighted by atomic mass is 32.1. The van der Waals surface area contributed by atoms with Crippen LogP contribution in [0.25, 0.3) is 0 Å². The summed E-state index contributed by atoms with van der Waals surface area (Å²) in [6, 6.07) is 10.8. The second kappa shape index (κ2) is 10.3. The fourth-order valence-corrected chi connectivity index (χ4v) is 3.76. The molecule has 2 amide bonds. The Morgan fingerprint density at radius 1 is 1.29 bits per heavy atom. The number of aromatic nitrogens is 1. The number of pyridine rings is 1. The Morgan fingerprint density at radius 3 is 2.68 bits per heavy atom. The number of nitrogens with zero attached hydrogens (tertiary/aromatic N) is 4. The Morgan fingerprint density at radius 2 is 2.03 bits per heavy atom. The van der Waals surface area contributed by atoms with E-state index in [9.17, 15) is 19.7 Å². The van der Waals surface area contributed by atoms with E-state index < -0.39 is 17.1 Å². The van der Waals surface area contributed by atoms with Crippen LogP contribution in [0.4, 0.5) is 10.5 Å². The number of amides is 2. The molecule has 0 radical (unpaired) electrons. The largest absolute Gasteiger partial charge is 0.445 e. The lowest BCUT2D eigenvalue weighted by Crippen LogP contribution is -2.47. The van der Waals surface area contributed by atoms with Crippen molar-refractivity contribution in [3.63, 3.8) is 0 Å². The van der Waals surface area contributed by atoms with Gasteiger partial charge in [0.05, 0.1) is 4.92 Å². The molecule has 1 aromatic carbocycles. The molecule has 164 valence electrons. The van der Waals surface area contributed by atoms with Crippen LogP contribution in [0.1, 0.15) is 17.7 Å². The monoisotopic (exact) mass is 444 g/mol. The van der Waals surface area contributed by atoms with E-state index in [0.29, 0.717) is 31.5 Å². The molecule has 1 aliphatic rings. The van der Waals surface area contributed by atoms with Crippen molar-refractivity contribution in [2.75, 3.05) is 20.1 Å². The first-order valence-electron chi connectivity index (χ1n) is 9.85. The van der Waals surface area contributed by atoms with Crippen LogP contribution in [0, 0.1) is 10.1 Å². The maximum Gasteiger partial charge on any atom is 0.410 e. The molecule has 2 aromatic rings. The molecule has 10 heteroatoms. The van der Waals surface area contributed by atoms with Crippen LogP contribution in [-0.4, -0.2) is 63.1 Å². The maximum absolute atomic E-state index is 13.0. The molecule has 3 rings (SSSR count). The normalized spacial score (nSPS) is 17.9. The molecular formula is C21H24N4O5S. The minimum Gasteiger partial charge on any atom is -0.445 e. The Bertz CT molecular complexity index is 925. The molecule has 0 N–H and O–H groups in total. The van der Waals surface area contributed by atoms with Crippen LogP contribution in [0.3, 0.4) is 0 Å². The molecule has 9 nitrogen and oxygen atoms in total. The first kappa shape index (κ1) is 22.5. The number of nitro benzene ring substituents is 1. The summed E-state index contributed by atoms with van der Waals surface area (Å²) >= 11 is 4.45. The molecule has 0 spiro atoms. The average Bonchev–Trinajstić information content (AvgIpc) is 3.18. The average molecular weight is 445 g/mol. The fraction of sp³-hybridized carbons (Fsp3) is 0.381. The molecule has 31 heavy (non-hydrogen) atoms. The van der Waals surface area contributed by atoms with Crippen LogP contribution < -0.4 is 0 Å². The number of benzene rings is 1. The zero-order valence-corrected chi connectivity index (χ0v) is 18.0. The van der Waals surface area contributed by atoms with Gasteiger partial charge in [-0.3, -0.25) is 24.8 Å². The molecule has 1 fully saturated rings. The molecule has 0 saturated carbocycles. The second-order valence-electron chi connectivity index (χ2n) is 7.37. The fourth-order valence-electron chi connectivity index (χ4n) is 3.38. The van der Waals surface area contributed by atoms with Crippen LogP contribution >= 0.6 is 12.6 Å². The Labute approximate surface area is 185 Å². The van der Waals surface area contributed by atoms with Gasteiger partial charge in [-0.15, -0.1) is 0 Å². The predicted octanol–water partition coefficient (Wildman–Crippen LogP) is 2.70. The molecule has 1 aromatic heterocycles. The SMILES string of the molecule is CN(CCc1ccccn1)C(=O)C1CC(S)CN1C(=O)OCc1ccc([N+](=O)[O-])cc1. The van der Waals surface area contributed by atoms with E-state index in [1.54, 1.807) is 18.1 Å². The van der Waals surface area contributed by atoms with Crippen molar-refractivity contribution in [3.05, 3.63) is 70.0 Å². The van der Waals surface area contributed by atoms with E-state index in [-0.39, 0.29) is 23.5 Å². The number of likely N-dealkylation sites (N-methyl/N-ethyl adjacent to an activating group) is 1. The van der Waals surface area contributed by atoms with Gasteiger partial charge in [-0.05, 0) is 36.2 Å². The maximum atomic E-state index is 13.0. The summed E-state index contributed by atoms with van der Waals surface area (Å²) in [7, 11) is 1.71. The third-order valence-electron chi connectivity index (χ3n) is 5.11. The van der Waals surface area contributed by atoms with Crippen LogP contribution in [-0.2, 0) is 22.6 Å². The number of likely N-dealkylation sites (tertiary alicyclic amines) is 1. The molecule has 2 heterocycles. The minimum absolute atomic E-state index is 0.0352. The number of ether oxygens (including phenoxy) is 1. The number of nitro groups is 1. The van der Waals surface area contributed by atoms with Crippen molar-refractivity contribution in [3.8, 4) is 0 Å². The highest BCUT2D eigenvalue weighted by Gasteiger charge is 2.40. The van der Waals surface area contributed by atoms with Crippen molar-refractivity contribution in [2.24, 2.45) is 0 Å². The van der Waals surface area contributed by atoms with E-state index in [1.807, 2.05) is 18.2 Å². The number of carbonyl (C=O) groups is 2. The number of thiol groups is 1. The number of hydrogen-bond acceptors (Lipinski definition) is 7. The van der Waals surface area contributed by atoms with Gasteiger partial charge in [0.2, 0.25) is 5.91 Å². The van der Waals surface area contributed by atoms with E-state index in [4.69, 9.17) is 4.74 Å². The number of carbonyl (C=O) groups excluding carboxylic acids is 2. The smallest absolute Gasteiger partial charge is 0.410 e. The highest BCUT2D eigenvalue weighted by Crippen LogP contribution is 2.25. The Kier molecular flexibility index (Phi) is 7.45. The van der Waals surface area contributed by atoms with Gasteiger partial charge in [-0.2, -0.15) is 12.6 Å².